The smallest absolute Gasteiger partial charge is 0.316 e. The number of ketones is 1. The molecule has 0 amide bonds. The minimum absolute atomic E-state index is 0.0415. The van der Waals surface area contributed by atoms with Crippen molar-refractivity contribution in [3.05, 3.63) is 0 Å². The highest BCUT2D eigenvalue weighted by Crippen LogP contribution is 2.29. The van der Waals surface area contributed by atoms with Crippen molar-refractivity contribution < 1.29 is 23.9 Å². The SMILES string of the molecule is CCOC(=O)CCCCCCCCCCC1CCCCC(C(=O)OCC)C1=O. The van der Waals surface area contributed by atoms with Crippen molar-refractivity contribution in [3.8, 4) is 0 Å². The number of unbranched alkanes of at least 4 members (excludes halogenated alkanes) is 7. The molecule has 1 aliphatic carbocycles. The van der Waals surface area contributed by atoms with Crippen molar-refractivity contribution in [1.82, 2.24) is 0 Å². The van der Waals surface area contributed by atoms with Crippen molar-refractivity contribution in [2.24, 2.45) is 11.8 Å². The largest absolute Gasteiger partial charge is 0.466 e. The van der Waals surface area contributed by atoms with Crippen LogP contribution < -0.4 is 0 Å². The molecule has 0 saturated heterocycles. The molecule has 162 valence electrons. The third kappa shape index (κ3) is 10.2. The van der Waals surface area contributed by atoms with E-state index in [9.17, 15) is 14.4 Å². The van der Waals surface area contributed by atoms with Crippen molar-refractivity contribution in [1.29, 1.82) is 0 Å². The summed E-state index contributed by atoms with van der Waals surface area (Å²) in [5.74, 6) is -0.762. The zero-order chi connectivity index (χ0) is 20.6. The van der Waals surface area contributed by atoms with Gasteiger partial charge in [0.25, 0.3) is 0 Å². The predicted molar refractivity (Wildman–Crippen MR) is 110 cm³/mol. The molecule has 1 aliphatic rings. The second-order valence-corrected chi connectivity index (χ2v) is 7.86. The first-order valence-electron chi connectivity index (χ1n) is 11.5. The normalized spacial score (nSPS) is 19.9. The maximum atomic E-state index is 12.7. The molecule has 1 saturated carbocycles. The first kappa shape index (κ1) is 24.6. The van der Waals surface area contributed by atoms with Gasteiger partial charge in [0.15, 0.2) is 0 Å². The lowest BCUT2D eigenvalue weighted by molar-refractivity contribution is -0.152. The maximum absolute atomic E-state index is 12.7. The van der Waals surface area contributed by atoms with E-state index in [1.165, 1.54) is 25.7 Å². The number of Topliss-reactive ketones (excluding diaryl/α,β-unsaturated/α-hetero) is 1. The Balaban J connectivity index is 2.09. The zero-order valence-electron chi connectivity index (χ0n) is 18.0. The standard InChI is InChI=1S/C23H40O5/c1-3-27-21(24)18-12-10-8-6-5-7-9-11-15-19-16-13-14-17-20(22(19)25)23(26)28-4-2/h19-20H,3-18H2,1-2H3. The number of ether oxygens (including phenoxy) is 2. The lowest BCUT2D eigenvalue weighted by atomic mass is 9.87. The van der Waals surface area contributed by atoms with Crippen LogP contribution in [0.2, 0.25) is 0 Å². The predicted octanol–water partition coefficient (Wildman–Crippen LogP) is 5.39. The highest BCUT2D eigenvalue weighted by Gasteiger charge is 2.34. The Morgan fingerprint density at radius 1 is 0.821 bits per heavy atom. The fraction of sp³-hybridized carbons (Fsp3) is 0.870. The summed E-state index contributed by atoms with van der Waals surface area (Å²) in [5, 5.41) is 0. The Morgan fingerprint density at radius 2 is 1.39 bits per heavy atom. The van der Waals surface area contributed by atoms with Gasteiger partial charge in [0.2, 0.25) is 0 Å². The molecule has 0 aromatic rings. The van der Waals surface area contributed by atoms with E-state index in [4.69, 9.17) is 9.47 Å². The molecule has 1 fully saturated rings. The molecule has 0 bridgehead atoms. The fourth-order valence-corrected chi connectivity index (χ4v) is 4.03. The maximum Gasteiger partial charge on any atom is 0.316 e. The van der Waals surface area contributed by atoms with Crippen molar-refractivity contribution in [3.63, 3.8) is 0 Å². The van der Waals surface area contributed by atoms with Gasteiger partial charge in [-0.05, 0) is 39.5 Å². The van der Waals surface area contributed by atoms with Crippen LogP contribution in [-0.4, -0.2) is 30.9 Å². The highest BCUT2D eigenvalue weighted by atomic mass is 16.5. The molecule has 0 N–H and O–H groups in total. The Bertz CT molecular complexity index is 460. The summed E-state index contributed by atoms with van der Waals surface area (Å²) in [6.07, 6.45) is 14.0. The van der Waals surface area contributed by atoms with E-state index in [-0.39, 0.29) is 23.6 Å². The van der Waals surface area contributed by atoms with E-state index in [1.54, 1.807) is 6.92 Å². The van der Waals surface area contributed by atoms with Crippen molar-refractivity contribution in [2.75, 3.05) is 13.2 Å². The van der Waals surface area contributed by atoms with E-state index < -0.39 is 5.92 Å². The lowest BCUT2D eigenvalue weighted by Crippen LogP contribution is -2.30. The van der Waals surface area contributed by atoms with Gasteiger partial charge in [-0.15, -0.1) is 0 Å². The van der Waals surface area contributed by atoms with Crippen LogP contribution in [0, 0.1) is 11.8 Å². The van der Waals surface area contributed by atoms with Gasteiger partial charge in [-0.25, -0.2) is 0 Å². The first-order valence-corrected chi connectivity index (χ1v) is 11.5. The molecule has 0 radical (unpaired) electrons. The van der Waals surface area contributed by atoms with Gasteiger partial charge in [0, 0.05) is 12.3 Å². The van der Waals surface area contributed by atoms with Gasteiger partial charge >= 0.3 is 11.9 Å². The van der Waals surface area contributed by atoms with Crippen molar-refractivity contribution in [2.45, 2.75) is 104 Å². The summed E-state index contributed by atoms with van der Waals surface area (Å²) in [5.41, 5.74) is 0. The quantitative estimate of drug-likeness (QED) is 0.170. The van der Waals surface area contributed by atoms with E-state index in [0.29, 0.717) is 26.1 Å². The average Bonchev–Trinajstić information content (AvgIpc) is 2.85. The number of hydrogen-bond donors (Lipinski definition) is 0. The summed E-state index contributed by atoms with van der Waals surface area (Å²) < 4.78 is 10.0. The monoisotopic (exact) mass is 396 g/mol. The molecular formula is C23H40O5. The molecular weight excluding hydrogens is 356 g/mol. The minimum Gasteiger partial charge on any atom is -0.466 e. The Kier molecular flexibility index (Phi) is 13.7. The number of hydrogen-bond acceptors (Lipinski definition) is 5. The molecule has 1 rings (SSSR count). The second-order valence-electron chi connectivity index (χ2n) is 7.86. The summed E-state index contributed by atoms with van der Waals surface area (Å²) >= 11 is 0. The van der Waals surface area contributed by atoms with Gasteiger partial charge < -0.3 is 9.47 Å². The molecule has 0 aromatic heterocycles. The van der Waals surface area contributed by atoms with Crippen LogP contribution in [0.4, 0.5) is 0 Å². The minimum atomic E-state index is -0.526. The van der Waals surface area contributed by atoms with Gasteiger partial charge in [-0.3, -0.25) is 14.4 Å². The summed E-state index contributed by atoms with van der Waals surface area (Å²) in [6.45, 7) is 4.43. The van der Waals surface area contributed by atoms with Crippen LogP contribution in [0.1, 0.15) is 104 Å². The molecule has 5 heteroatoms. The number of rotatable bonds is 14. The van der Waals surface area contributed by atoms with Crippen LogP contribution in [0.5, 0.6) is 0 Å². The van der Waals surface area contributed by atoms with Gasteiger partial charge in [0.1, 0.15) is 11.7 Å². The van der Waals surface area contributed by atoms with Crippen LogP contribution in [0.3, 0.4) is 0 Å². The summed E-state index contributed by atoms with van der Waals surface area (Å²) in [7, 11) is 0. The summed E-state index contributed by atoms with van der Waals surface area (Å²) in [6, 6.07) is 0. The molecule has 0 heterocycles. The summed E-state index contributed by atoms with van der Waals surface area (Å²) in [4.78, 5) is 36.0. The molecule has 2 atom stereocenters. The molecule has 0 aromatic carbocycles. The van der Waals surface area contributed by atoms with Crippen LogP contribution in [0.15, 0.2) is 0 Å². The Morgan fingerprint density at radius 3 is 2.04 bits per heavy atom. The van der Waals surface area contributed by atoms with E-state index in [0.717, 1.165) is 51.4 Å². The first-order chi connectivity index (χ1) is 13.6. The van der Waals surface area contributed by atoms with Crippen LogP contribution in [-0.2, 0) is 23.9 Å². The molecule has 2 unspecified atom stereocenters. The van der Waals surface area contributed by atoms with E-state index in [2.05, 4.69) is 0 Å². The van der Waals surface area contributed by atoms with Crippen LogP contribution >= 0.6 is 0 Å². The van der Waals surface area contributed by atoms with E-state index >= 15 is 0 Å². The third-order valence-electron chi connectivity index (χ3n) is 5.60. The fourth-order valence-electron chi connectivity index (χ4n) is 4.03. The Labute approximate surface area is 170 Å². The third-order valence-corrected chi connectivity index (χ3v) is 5.60. The van der Waals surface area contributed by atoms with E-state index in [1.807, 2.05) is 6.92 Å². The van der Waals surface area contributed by atoms with Gasteiger partial charge in [-0.1, -0.05) is 57.8 Å². The van der Waals surface area contributed by atoms with Gasteiger partial charge in [-0.2, -0.15) is 0 Å². The zero-order valence-corrected chi connectivity index (χ0v) is 18.0. The number of carbonyl (C=O) groups is 3. The number of carbonyl (C=O) groups excluding carboxylic acids is 3. The molecule has 0 spiro atoms. The molecule has 0 aliphatic heterocycles. The second kappa shape index (κ2) is 15.5. The molecule has 5 nitrogen and oxygen atoms in total. The Hall–Kier alpha value is -1.39. The molecule has 28 heavy (non-hydrogen) atoms. The number of esters is 2. The van der Waals surface area contributed by atoms with Crippen molar-refractivity contribution >= 4 is 17.7 Å². The average molecular weight is 397 g/mol. The van der Waals surface area contributed by atoms with Crippen LogP contribution in [0.25, 0.3) is 0 Å². The lowest BCUT2D eigenvalue weighted by Gasteiger charge is -2.17. The highest BCUT2D eigenvalue weighted by molar-refractivity contribution is 6.00. The topological polar surface area (TPSA) is 69.7 Å². The van der Waals surface area contributed by atoms with Gasteiger partial charge in [0.05, 0.1) is 13.2 Å².